The highest BCUT2D eigenvalue weighted by Crippen LogP contribution is 2.29. The van der Waals surface area contributed by atoms with E-state index in [2.05, 4.69) is 10.3 Å². The summed E-state index contributed by atoms with van der Waals surface area (Å²) in [6, 6.07) is 6.85. The van der Waals surface area contributed by atoms with Crippen LogP contribution in [0, 0.1) is 6.92 Å². The lowest BCUT2D eigenvalue weighted by Gasteiger charge is -2.36. The highest BCUT2D eigenvalue weighted by molar-refractivity contribution is 6.44. The highest BCUT2D eigenvalue weighted by Gasteiger charge is 2.25. The second-order valence-corrected chi connectivity index (χ2v) is 8.25. The fourth-order valence-electron chi connectivity index (χ4n) is 3.86. The number of carbonyl (C=O) groups is 2. The van der Waals surface area contributed by atoms with E-state index in [9.17, 15) is 19.5 Å². The van der Waals surface area contributed by atoms with Gasteiger partial charge in [-0.15, -0.1) is 0 Å². The van der Waals surface area contributed by atoms with Gasteiger partial charge < -0.3 is 20.4 Å². The van der Waals surface area contributed by atoms with Gasteiger partial charge in [0.2, 0.25) is 5.43 Å². The van der Waals surface area contributed by atoms with Crippen LogP contribution >= 0.6 is 23.2 Å². The zero-order valence-corrected chi connectivity index (χ0v) is 18.1. The number of carboxylic acids is 1. The molecule has 0 radical (unpaired) electrons. The number of benzene rings is 1. The maximum absolute atomic E-state index is 12.6. The van der Waals surface area contributed by atoms with Crippen LogP contribution in [0.25, 0.3) is 10.9 Å². The van der Waals surface area contributed by atoms with Gasteiger partial charge in [0.05, 0.1) is 15.6 Å². The molecule has 2 aromatic heterocycles. The number of fused-ring (bicyclic) bond motifs is 1. The zero-order valence-electron chi connectivity index (χ0n) is 16.6. The van der Waals surface area contributed by atoms with Gasteiger partial charge in [0.15, 0.2) is 0 Å². The number of H-pyrrole nitrogens is 1. The van der Waals surface area contributed by atoms with E-state index >= 15 is 0 Å². The second kappa shape index (κ2) is 8.28. The average molecular weight is 463 g/mol. The van der Waals surface area contributed by atoms with Crippen LogP contribution in [0.15, 0.2) is 35.3 Å². The predicted molar refractivity (Wildman–Crippen MR) is 119 cm³/mol. The van der Waals surface area contributed by atoms with Crippen molar-refractivity contribution in [3.05, 3.63) is 67.7 Å². The Hall–Kier alpha value is -2.97. The van der Waals surface area contributed by atoms with Crippen LogP contribution in [-0.4, -0.2) is 45.8 Å². The third kappa shape index (κ3) is 3.88. The zero-order chi connectivity index (χ0) is 22.3. The number of carbonyl (C=O) groups excluding carboxylic acids is 1. The summed E-state index contributed by atoms with van der Waals surface area (Å²) in [5.74, 6) is -1.58. The standard InChI is InChI=1S/C21H20Cl2N4O4/c1-11-16(22)17(23)18(24-11)20(29)25-12-6-8-26(9-7-12)27-10-14(21(30)31)19(28)13-4-2-3-5-15(13)27/h2-5,10,12,24H,6-9H2,1H3,(H,25,29)(H,30,31). The lowest BCUT2D eigenvalue weighted by atomic mass is 10.1. The molecule has 4 rings (SSSR count). The number of aromatic carboxylic acids is 1. The normalized spacial score (nSPS) is 14.7. The molecule has 0 spiro atoms. The molecule has 8 nitrogen and oxygen atoms in total. The number of amides is 1. The first-order chi connectivity index (χ1) is 14.8. The number of piperidine rings is 1. The summed E-state index contributed by atoms with van der Waals surface area (Å²) in [5.41, 5.74) is 0.736. The van der Waals surface area contributed by atoms with E-state index in [0.717, 1.165) is 0 Å². The van der Waals surface area contributed by atoms with Crippen LogP contribution in [-0.2, 0) is 0 Å². The topological polar surface area (TPSA) is 107 Å². The van der Waals surface area contributed by atoms with Crippen LogP contribution in [0.5, 0.6) is 0 Å². The average Bonchev–Trinajstić information content (AvgIpc) is 3.02. The first-order valence-corrected chi connectivity index (χ1v) is 10.5. The Morgan fingerprint density at radius 1 is 1.16 bits per heavy atom. The molecule has 162 valence electrons. The Morgan fingerprint density at radius 2 is 1.84 bits per heavy atom. The Kier molecular flexibility index (Phi) is 5.68. The summed E-state index contributed by atoms with van der Waals surface area (Å²) in [7, 11) is 0. The molecule has 3 N–H and O–H groups in total. The number of pyridine rings is 1. The van der Waals surface area contributed by atoms with E-state index < -0.39 is 11.4 Å². The van der Waals surface area contributed by atoms with Gasteiger partial charge in [0, 0.05) is 36.4 Å². The molecule has 0 saturated carbocycles. The quantitative estimate of drug-likeness (QED) is 0.551. The molecule has 0 unspecified atom stereocenters. The molecule has 10 heteroatoms. The second-order valence-electron chi connectivity index (χ2n) is 7.49. The van der Waals surface area contributed by atoms with Gasteiger partial charge in [0.1, 0.15) is 11.3 Å². The summed E-state index contributed by atoms with van der Waals surface area (Å²) >= 11 is 12.2. The maximum atomic E-state index is 12.6. The van der Waals surface area contributed by atoms with Crippen molar-refractivity contribution in [3.8, 4) is 0 Å². The monoisotopic (exact) mass is 462 g/mol. The molecule has 1 saturated heterocycles. The van der Waals surface area contributed by atoms with Crippen molar-refractivity contribution >= 4 is 46.0 Å². The minimum absolute atomic E-state index is 0.0770. The lowest BCUT2D eigenvalue weighted by molar-refractivity contribution is 0.0694. The molecule has 3 heterocycles. The van der Waals surface area contributed by atoms with Crippen LogP contribution in [0.1, 0.15) is 39.4 Å². The lowest BCUT2D eigenvalue weighted by Crippen LogP contribution is -2.49. The number of para-hydroxylation sites is 1. The van der Waals surface area contributed by atoms with Crippen LogP contribution in [0.4, 0.5) is 0 Å². The Labute approximate surface area is 187 Å². The molecule has 0 atom stereocenters. The third-order valence-electron chi connectivity index (χ3n) is 5.51. The minimum Gasteiger partial charge on any atom is -0.477 e. The van der Waals surface area contributed by atoms with Crippen molar-refractivity contribution in [1.82, 2.24) is 15.0 Å². The van der Waals surface area contributed by atoms with Crippen LogP contribution in [0.3, 0.4) is 0 Å². The summed E-state index contributed by atoms with van der Waals surface area (Å²) in [6.45, 7) is 2.87. The molecular weight excluding hydrogens is 443 g/mol. The van der Waals surface area contributed by atoms with Crippen molar-refractivity contribution in [2.45, 2.75) is 25.8 Å². The third-order valence-corrected chi connectivity index (χ3v) is 6.46. The molecule has 3 aromatic rings. The molecule has 1 fully saturated rings. The van der Waals surface area contributed by atoms with Gasteiger partial charge in [0.25, 0.3) is 5.91 Å². The largest absolute Gasteiger partial charge is 0.477 e. The van der Waals surface area contributed by atoms with Gasteiger partial charge >= 0.3 is 5.97 Å². The summed E-state index contributed by atoms with van der Waals surface area (Å²) < 4.78 is 1.73. The van der Waals surface area contributed by atoms with E-state index in [-0.39, 0.29) is 28.2 Å². The molecule has 1 amide bonds. The minimum atomic E-state index is -1.26. The molecule has 1 aliphatic rings. The number of rotatable bonds is 4. The fraction of sp³-hybridized carbons (Fsp3) is 0.286. The van der Waals surface area contributed by atoms with E-state index in [0.29, 0.717) is 47.6 Å². The molecule has 0 aliphatic carbocycles. The number of nitrogens with one attached hydrogen (secondary N) is 2. The van der Waals surface area contributed by atoms with Crippen LogP contribution < -0.4 is 15.8 Å². The molecule has 1 aliphatic heterocycles. The van der Waals surface area contributed by atoms with Gasteiger partial charge in [-0.05, 0) is 31.9 Å². The number of aromatic amines is 1. The number of nitrogens with zero attached hydrogens (tertiary/aromatic N) is 2. The number of hydrogen-bond donors (Lipinski definition) is 3. The van der Waals surface area contributed by atoms with Crippen molar-refractivity contribution in [2.75, 3.05) is 18.1 Å². The van der Waals surface area contributed by atoms with Crippen molar-refractivity contribution in [2.24, 2.45) is 0 Å². The van der Waals surface area contributed by atoms with Crippen LogP contribution in [0.2, 0.25) is 10.0 Å². The first kappa shape index (κ1) is 21.3. The van der Waals surface area contributed by atoms with Crippen molar-refractivity contribution in [1.29, 1.82) is 0 Å². The molecule has 1 aromatic carbocycles. The summed E-state index contributed by atoms with van der Waals surface area (Å²) in [6.07, 6.45) is 2.65. The number of halogens is 2. The maximum Gasteiger partial charge on any atom is 0.341 e. The smallest absolute Gasteiger partial charge is 0.341 e. The Morgan fingerprint density at radius 3 is 2.45 bits per heavy atom. The van der Waals surface area contributed by atoms with Gasteiger partial charge in [-0.1, -0.05) is 35.3 Å². The Balaban J connectivity index is 1.53. The van der Waals surface area contributed by atoms with Gasteiger partial charge in [-0.3, -0.25) is 14.3 Å². The molecule has 0 bridgehead atoms. The van der Waals surface area contributed by atoms with Crippen molar-refractivity contribution in [3.63, 3.8) is 0 Å². The van der Waals surface area contributed by atoms with E-state index in [1.54, 1.807) is 35.9 Å². The number of hydrogen-bond acceptors (Lipinski definition) is 4. The first-order valence-electron chi connectivity index (χ1n) is 9.75. The number of carboxylic acid groups (broad SMARTS) is 1. The molecule has 31 heavy (non-hydrogen) atoms. The number of aryl methyl sites for hydroxylation is 1. The fourth-order valence-corrected chi connectivity index (χ4v) is 4.28. The Bertz CT molecular complexity index is 1240. The van der Waals surface area contributed by atoms with Crippen molar-refractivity contribution < 1.29 is 14.7 Å². The van der Waals surface area contributed by atoms with E-state index in [4.69, 9.17) is 23.2 Å². The summed E-state index contributed by atoms with van der Waals surface area (Å²) in [5, 5.41) is 15.3. The van der Waals surface area contributed by atoms with E-state index in [1.165, 1.54) is 6.20 Å². The number of aromatic nitrogens is 2. The molecular formula is C21H20Cl2N4O4. The predicted octanol–water partition coefficient (Wildman–Crippen LogP) is 3.17. The van der Waals surface area contributed by atoms with Gasteiger partial charge in [-0.2, -0.15) is 0 Å². The summed E-state index contributed by atoms with van der Waals surface area (Å²) in [4.78, 5) is 39.5. The van der Waals surface area contributed by atoms with Gasteiger partial charge in [-0.25, -0.2) is 4.79 Å². The van der Waals surface area contributed by atoms with E-state index in [1.807, 2.05) is 5.01 Å². The highest BCUT2D eigenvalue weighted by atomic mass is 35.5. The SMILES string of the molecule is Cc1[nH]c(C(=O)NC2CCN(n3cc(C(=O)O)c(=O)c4ccccc43)CC2)c(Cl)c1Cl.